The molecular weight excluding hydrogens is 190 g/mol. The molecule has 0 aliphatic carbocycles. The minimum Gasteiger partial charge on any atom is -0.427 e. The molecule has 1 saturated heterocycles. The van der Waals surface area contributed by atoms with E-state index in [-0.39, 0.29) is 5.49 Å². The lowest BCUT2D eigenvalue weighted by Gasteiger charge is -2.23. The van der Waals surface area contributed by atoms with Crippen LogP contribution >= 0.6 is 0 Å². The van der Waals surface area contributed by atoms with Crippen molar-refractivity contribution < 1.29 is 5.21 Å². The van der Waals surface area contributed by atoms with Crippen LogP contribution in [0.1, 0.15) is 30.0 Å². The van der Waals surface area contributed by atoms with Crippen LogP contribution in [0.15, 0.2) is 12.1 Å². The molecule has 0 amide bonds. The van der Waals surface area contributed by atoms with Crippen molar-refractivity contribution in [2.75, 3.05) is 13.1 Å². The SMILES string of the molecule is Cc1ccc(C2CCNCC2)c(=N)n1O. The average molecular weight is 207 g/mol. The van der Waals surface area contributed by atoms with Crippen LogP contribution in [-0.4, -0.2) is 23.0 Å². The van der Waals surface area contributed by atoms with Gasteiger partial charge in [0.25, 0.3) is 0 Å². The van der Waals surface area contributed by atoms with Gasteiger partial charge in [-0.05, 0) is 44.8 Å². The largest absolute Gasteiger partial charge is 0.427 e. The fourth-order valence-electron chi connectivity index (χ4n) is 2.12. The first-order chi connectivity index (χ1) is 7.20. The monoisotopic (exact) mass is 207 g/mol. The number of pyridine rings is 1. The van der Waals surface area contributed by atoms with Crippen molar-refractivity contribution in [3.05, 3.63) is 28.9 Å². The van der Waals surface area contributed by atoms with Gasteiger partial charge < -0.3 is 10.5 Å². The van der Waals surface area contributed by atoms with E-state index in [9.17, 15) is 5.21 Å². The van der Waals surface area contributed by atoms with Gasteiger partial charge in [-0.1, -0.05) is 6.07 Å². The van der Waals surface area contributed by atoms with Crippen molar-refractivity contribution in [1.82, 2.24) is 10.0 Å². The van der Waals surface area contributed by atoms with Crippen LogP contribution in [-0.2, 0) is 0 Å². The van der Waals surface area contributed by atoms with Crippen LogP contribution in [0.3, 0.4) is 0 Å². The van der Waals surface area contributed by atoms with Crippen molar-refractivity contribution >= 4 is 0 Å². The van der Waals surface area contributed by atoms with E-state index in [1.165, 1.54) is 0 Å². The zero-order chi connectivity index (χ0) is 10.8. The molecule has 0 unspecified atom stereocenters. The normalized spacial score (nSPS) is 17.9. The fourth-order valence-corrected chi connectivity index (χ4v) is 2.12. The summed E-state index contributed by atoms with van der Waals surface area (Å²) in [5.41, 5.74) is 1.91. The molecule has 0 aromatic carbocycles. The Morgan fingerprint density at radius 3 is 2.73 bits per heavy atom. The molecule has 4 heteroatoms. The van der Waals surface area contributed by atoms with Gasteiger partial charge >= 0.3 is 0 Å². The fraction of sp³-hybridized carbons (Fsp3) is 0.545. The number of nitrogens with zero attached hydrogens (tertiary/aromatic N) is 1. The van der Waals surface area contributed by atoms with Crippen molar-refractivity contribution in [3.8, 4) is 0 Å². The number of nitrogens with one attached hydrogen (secondary N) is 2. The van der Waals surface area contributed by atoms with Gasteiger partial charge in [0.1, 0.15) is 0 Å². The molecule has 4 nitrogen and oxygen atoms in total. The minimum absolute atomic E-state index is 0.238. The van der Waals surface area contributed by atoms with E-state index >= 15 is 0 Å². The molecule has 0 saturated carbocycles. The molecule has 3 N–H and O–H groups in total. The van der Waals surface area contributed by atoms with Crippen LogP contribution in [0.2, 0.25) is 0 Å². The summed E-state index contributed by atoms with van der Waals surface area (Å²) < 4.78 is 0.970. The third-order valence-corrected chi connectivity index (χ3v) is 3.10. The summed E-state index contributed by atoms with van der Waals surface area (Å²) in [7, 11) is 0. The standard InChI is InChI=1S/C11H17N3O/c1-8-2-3-10(11(12)14(8)15)9-4-6-13-7-5-9/h2-3,9,12-13,15H,4-7H2,1H3. The molecule has 15 heavy (non-hydrogen) atoms. The molecule has 2 rings (SSSR count). The van der Waals surface area contributed by atoms with Gasteiger partial charge in [-0.25, -0.2) is 0 Å². The van der Waals surface area contributed by atoms with Crippen LogP contribution in [0.4, 0.5) is 0 Å². The van der Waals surface area contributed by atoms with E-state index in [4.69, 9.17) is 5.41 Å². The molecule has 0 spiro atoms. The molecule has 1 aliphatic rings. The maximum Gasteiger partial charge on any atom is 0.164 e. The zero-order valence-electron chi connectivity index (χ0n) is 8.95. The Balaban J connectivity index is 2.35. The highest BCUT2D eigenvalue weighted by molar-refractivity contribution is 5.18. The lowest BCUT2D eigenvalue weighted by Crippen LogP contribution is -2.32. The highest BCUT2D eigenvalue weighted by Gasteiger charge is 2.17. The first-order valence-corrected chi connectivity index (χ1v) is 5.37. The number of aromatic nitrogens is 1. The van der Waals surface area contributed by atoms with Crippen LogP contribution in [0, 0.1) is 12.3 Å². The van der Waals surface area contributed by atoms with Gasteiger partial charge in [-0.2, -0.15) is 4.73 Å². The van der Waals surface area contributed by atoms with Gasteiger partial charge in [-0.3, -0.25) is 5.41 Å². The summed E-state index contributed by atoms with van der Waals surface area (Å²) in [6, 6.07) is 3.84. The van der Waals surface area contributed by atoms with E-state index in [2.05, 4.69) is 5.32 Å². The molecule has 0 radical (unpaired) electrons. The topological polar surface area (TPSA) is 61.0 Å². The Morgan fingerprint density at radius 1 is 1.40 bits per heavy atom. The quantitative estimate of drug-likeness (QED) is 0.601. The minimum atomic E-state index is 0.238. The Bertz CT molecular complexity index is 405. The Morgan fingerprint density at radius 2 is 2.07 bits per heavy atom. The summed E-state index contributed by atoms with van der Waals surface area (Å²) in [5, 5.41) is 20.8. The number of aryl methyl sites for hydroxylation is 1. The summed E-state index contributed by atoms with van der Waals surface area (Å²) in [6.07, 6.45) is 2.10. The maximum absolute atomic E-state index is 9.63. The maximum atomic E-state index is 9.63. The van der Waals surface area contributed by atoms with E-state index in [0.29, 0.717) is 11.6 Å². The number of hydrogen-bond acceptors (Lipinski definition) is 3. The van der Waals surface area contributed by atoms with Crippen LogP contribution in [0.25, 0.3) is 0 Å². The summed E-state index contributed by atoms with van der Waals surface area (Å²) >= 11 is 0. The summed E-state index contributed by atoms with van der Waals surface area (Å²) in [5.74, 6) is 0.415. The van der Waals surface area contributed by atoms with Crippen LogP contribution < -0.4 is 10.8 Å². The molecule has 0 bridgehead atoms. The van der Waals surface area contributed by atoms with Crippen LogP contribution in [0.5, 0.6) is 0 Å². The number of piperidine rings is 1. The van der Waals surface area contributed by atoms with Gasteiger partial charge in [0.15, 0.2) is 5.49 Å². The highest BCUT2D eigenvalue weighted by Crippen LogP contribution is 2.22. The van der Waals surface area contributed by atoms with E-state index in [1.54, 1.807) is 6.92 Å². The number of rotatable bonds is 1. The molecule has 1 fully saturated rings. The smallest absolute Gasteiger partial charge is 0.164 e. The zero-order valence-corrected chi connectivity index (χ0v) is 8.95. The van der Waals surface area contributed by atoms with Crippen molar-refractivity contribution in [1.29, 1.82) is 5.41 Å². The average Bonchev–Trinajstić information content (AvgIpc) is 2.27. The van der Waals surface area contributed by atoms with Crippen molar-refractivity contribution in [3.63, 3.8) is 0 Å². The highest BCUT2D eigenvalue weighted by atomic mass is 16.5. The molecule has 1 aliphatic heterocycles. The Kier molecular flexibility index (Phi) is 2.77. The van der Waals surface area contributed by atoms with E-state index < -0.39 is 0 Å². The summed E-state index contributed by atoms with van der Waals surface area (Å²) in [4.78, 5) is 0. The van der Waals surface area contributed by atoms with Gasteiger partial charge in [-0.15, -0.1) is 0 Å². The second kappa shape index (κ2) is 4.06. The molecule has 1 aromatic heterocycles. The van der Waals surface area contributed by atoms with Crippen molar-refractivity contribution in [2.24, 2.45) is 0 Å². The molecular formula is C11H17N3O. The molecule has 0 atom stereocenters. The number of hydrogen-bond donors (Lipinski definition) is 3. The molecule has 1 aromatic rings. The third-order valence-electron chi connectivity index (χ3n) is 3.10. The first kappa shape index (κ1) is 10.2. The Hall–Kier alpha value is -1.29. The van der Waals surface area contributed by atoms with Gasteiger partial charge in [0.2, 0.25) is 0 Å². The van der Waals surface area contributed by atoms with Gasteiger partial charge in [0.05, 0.1) is 5.69 Å². The predicted molar refractivity (Wildman–Crippen MR) is 57.1 cm³/mol. The Labute approximate surface area is 89.0 Å². The lowest BCUT2D eigenvalue weighted by atomic mass is 9.91. The molecule has 2 heterocycles. The first-order valence-electron chi connectivity index (χ1n) is 5.37. The second-order valence-electron chi connectivity index (χ2n) is 4.11. The third kappa shape index (κ3) is 1.90. The van der Waals surface area contributed by atoms with E-state index in [1.807, 2.05) is 12.1 Å². The van der Waals surface area contributed by atoms with Gasteiger partial charge in [0, 0.05) is 5.56 Å². The predicted octanol–water partition coefficient (Wildman–Crippen LogP) is 0.980. The van der Waals surface area contributed by atoms with E-state index in [0.717, 1.165) is 36.2 Å². The second-order valence-corrected chi connectivity index (χ2v) is 4.11. The summed E-state index contributed by atoms with van der Waals surface area (Å²) in [6.45, 7) is 3.80. The molecule has 82 valence electrons. The lowest BCUT2D eigenvalue weighted by molar-refractivity contribution is 0.161. The van der Waals surface area contributed by atoms with Crippen molar-refractivity contribution in [2.45, 2.75) is 25.7 Å².